The van der Waals surface area contributed by atoms with Gasteiger partial charge in [0.15, 0.2) is 10.8 Å². The second kappa shape index (κ2) is 8.15. The lowest BCUT2D eigenvalue weighted by Crippen LogP contribution is -2.26. The number of hydrogen-bond donors (Lipinski definition) is 1. The third-order valence-electron chi connectivity index (χ3n) is 6.70. The Labute approximate surface area is 197 Å². The van der Waals surface area contributed by atoms with E-state index in [1.54, 1.807) is 11.3 Å². The molecule has 2 aliphatic carbocycles. The number of nitriles is 1. The van der Waals surface area contributed by atoms with Crippen molar-refractivity contribution in [3.63, 3.8) is 0 Å². The molecule has 168 valence electrons. The van der Waals surface area contributed by atoms with Crippen molar-refractivity contribution in [3.05, 3.63) is 54.7 Å². The van der Waals surface area contributed by atoms with Crippen LogP contribution in [0.15, 0.2) is 27.0 Å². The Morgan fingerprint density at radius 1 is 1.18 bits per heavy atom. The van der Waals surface area contributed by atoms with Gasteiger partial charge in [0.1, 0.15) is 16.5 Å². The van der Waals surface area contributed by atoms with Crippen LogP contribution in [0.3, 0.4) is 0 Å². The standard InChI is InChI=1S/C23H22N6O2S2/c24-10-13-11-25-29-18(30)9-14(26-20(13)29)12-32-23-27-21-19(16-7-3-4-8-17(16)33-21)22(31)28(23)15-5-1-2-6-15/h9,11,15,25H,1-8,12H2. The number of nitrogens with zero attached hydrogens (tertiary/aromatic N) is 5. The van der Waals surface area contributed by atoms with Gasteiger partial charge in [-0.15, -0.1) is 11.3 Å². The van der Waals surface area contributed by atoms with E-state index in [1.807, 2.05) is 4.57 Å². The molecule has 33 heavy (non-hydrogen) atoms. The Balaban J connectivity index is 1.43. The fraction of sp³-hybridized carbons (Fsp3) is 0.435. The number of aromatic amines is 1. The Morgan fingerprint density at radius 3 is 2.82 bits per heavy atom. The van der Waals surface area contributed by atoms with Crippen molar-refractivity contribution in [2.75, 3.05) is 0 Å². The van der Waals surface area contributed by atoms with Crippen LogP contribution in [0.2, 0.25) is 0 Å². The summed E-state index contributed by atoms with van der Waals surface area (Å²) in [6, 6.07) is 3.70. The Kier molecular flexibility index (Phi) is 5.11. The molecule has 0 aliphatic heterocycles. The van der Waals surface area contributed by atoms with E-state index in [2.05, 4.69) is 16.2 Å². The van der Waals surface area contributed by atoms with Crippen molar-refractivity contribution in [1.82, 2.24) is 24.1 Å². The minimum atomic E-state index is -0.264. The fourth-order valence-corrected chi connectivity index (χ4v) is 7.37. The molecule has 0 radical (unpaired) electrons. The number of nitrogens with one attached hydrogen (secondary N) is 1. The average Bonchev–Trinajstić information content (AvgIpc) is 3.55. The summed E-state index contributed by atoms with van der Waals surface area (Å²) < 4.78 is 3.19. The molecule has 0 aromatic carbocycles. The van der Waals surface area contributed by atoms with Crippen LogP contribution in [0.1, 0.15) is 66.3 Å². The zero-order valence-corrected chi connectivity index (χ0v) is 19.6. The third-order valence-corrected chi connectivity index (χ3v) is 8.87. The number of thioether (sulfide) groups is 1. The molecular weight excluding hydrogens is 456 g/mol. The van der Waals surface area contributed by atoms with Gasteiger partial charge in [0, 0.05) is 28.9 Å². The van der Waals surface area contributed by atoms with Crippen molar-refractivity contribution in [2.24, 2.45) is 0 Å². The van der Waals surface area contributed by atoms with Crippen LogP contribution in [0.4, 0.5) is 0 Å². The quantitative estimate of drug-likeness (QED) is 0.351. The lowest BCUT2D eigenvalue weighted by molar-refractivity contribution is 0.457. The molecule has 0 spiro atoms. The van der Waals surface area contributed by atoms with E-state index in [4.69, 9.17) is 4.98 Å². The largest absolute Gasteiger partial charge is 0.295 e. The number of H-pyrrole nitrogens is 1. The zero-order valence-electron chi connectivity index (χ0n) is 18.0. The molecule has 0 amide bonds. The summed E-state index contributed by atoms with van der Waals surface area (Å²) in [4.78, 5) is 37.9. The van der Waals surface area contributed by atoms with Crippen molar-refractivity contribution in [1.29, 1.82) is 5.26 Å². The van der Waals surface area contributed by atoms with Crippen LogP contribution >= 0.6 is 23.1 Å². The minimum absolute atomic E-state index is 0.0923. The van der Waals surface area contributed by atoms with Gasteiger partial charge in [0.2, 0.25) is 0 Å². The molecule has 4 aromatic heterocycles. The highest BCUT2D eigenvalue weighted by molar-refractivity contribution is 7.98. The summed E-state index contributed by atoms with van der Waals surface area (Å²) in [6.07, 6.45) is 10.0. The molecule has 4 heterocycles. The molecular formula is C23H22N6O2S2. The number of rotatable bonds is 4. The van der Waals surface area contributed by atoms with Crippen LogP contribution in [-0.2, 0) is 18.6 Å². The monoisotopic (exact) mass is 478 g/mol. The third kappa shape index (κ3) is 3.42. The average molecular weight is 479 g/mol. The van der Waals surface area contributed by atoms with E-state index < -0.39 is 0 Å². The van der Waals surface area contributed by atoms with Gasteiger partial charge in [-0.1, -0.05) is 24.6 Å². The van der Waals surface area contributed by atoms with Crippen molar-refractivity contribution < 1.29 is 0 Å². The first-order chi connectivity index (χ1) is 16.1. The van der Waals surface area contributed by atoms with E-state index in [0.29, 0.717) is 27.8 Å². The van der Waals surface area contributed by atoms with E-state index >= 15 is 0 Å². The van der Waals surface area contributed by atoms with E-state index in [9.17, 15) is 14.9 Å². The second-order valence-corrected chi connectivity index (χ2v) is 10.8. The highest BCUT2D eigenvalue weighted by atomic mass is 32.2. The van der Waals surface area contributed by atoms with Crippen LogP contribution in [-0.4, -0.2) is 24.1 Å². The van der Waals surface area contributed by atoms with Crippen LogP contribution in [0.5, 0.6) is 0 Å². The Morgan fingerprint density at radius 2 is 2.00 bits per heavy atom. The Bertz CT molecular complexity index is 1550. The molecule has 1 saturated carbocycles. The molecule has 8 nitrogen and oxygen atoms in total. The van der Waals surface area contributed by atoms with Gasteiger partial charge >= 0.3 is 0 Å². The molecule has 0 atom stereocenters. The number of thiophene rings is 1. The SMILES string of the molecule is N#Cc1c[nH]n2c(=O)cc(CSc3nc4sc5c(c4c(=O)n3C3CCCC3)CCCC5)nc12. The molecule has 0 unspecified atom stereocenters. The van der Waals surface area contributed by atoms with Gasteiger partial charge in [-0.3, -0.25) is 19.3 Å². The highest BCUT2D eigenvalue weighted by Crippen LogP contribution is 2.37. The number of hydrogen-bond acceptors (Lipinski definition) is 7. The van der Waals surface area contributed by atoms with Gasteiger partial charge in [-0.05, 0) is 44.1 Å². The zero-order chi connectivity index (χ0) is 22.5. The number of aromatic nitrogens is 5. The smallest absolute Gasteiger partial charge is 0.272 e. The molecule has 10 heteroatoms. The van der Waals surface area contributed by atoms with Crippen LogP contribution < -0.4 is 11.1 Å². The first-order valence-electron chi connectivity index (χ1n) is 11.3. The predicted molar refractivity (Wildman–Crippen MR) is 128 cm³/mol. The lowest BCUT2D eigenvalue weighted by Gasteiger charge is -2.18. The van der Waals surface area contributed by atoms with Crippen molar-refractivity contribution in [3.8, 4) is 6.07 Å². The van der Waals surface area contributed by atoms with Gasteiger partial charge < -0.3 is 0 Å². The van der Waals surface area contributed by atoms with Crippen LogP contribution in [0, 0.1) is 11.3 Å². The topological polar surface area (TPSA) is 109 Å². The fourth-order valence-electron chi connectivity index (χ4n) is 5.11. The maximum absolute atomic E-state index is 13.8. The molecule has 4 aromatic rings. The van der Waals surface area contributed by atoms with Crippen LogP contribution in [0.25, 0.3) is 15.9 Å². The molecule has 2 aliphatic rings. The van der Waals surface area contributed by atoms with Crippen molar-refractivity contribution >= 4 is 39.0 Å². The molecule has 0 bridgehead atoms. The maximum Gasteiger partial charge on any atom is 0.272 e. The maximum atomic E-state index is 13.8. The summed E-state index contributed by atoms with van der Waals surface area (Å²) in [5, 5.41) is 13.6. The summed E-state index contributed by atoms with van der Waals surface area (Å²) in [5.74, 6) is 0.400. The first kappa shape index (κ1) is 20.7. The molecule has 1 fully saturated rings. The number of fused-ring (bicyclic) bond motifs is 4. The highest BCUT2D eigenvalue weighted by Gasteiger charge is 2.27. The molecule has 6 rings (SSSR count). The van der Waals surface area contributed by atoms with Crippen molar-refractivity contribution in [2.45, 2.75) is 68.3 Å². The van der Waals surface area contributed by atoms with E-state index in [-0.39, 0.29) is 17.2 Å². The minimum Gasteiger partial charge on any atom is -0.295 e. The molecule has 0 saturated heterocycles. The van der Waals surface area contributed by atoms with Gasteiger partial charge in [-0.2, -0.15) is 5.26 Å². The lowest BCUT2D eigenvalue weighted by atomic mass is 9.97. The summed E-state index contributed by atoms with van der Waals surface area (Å²) in [5.41, 5.74) is 2.26. The first-order valence-corrected chi connectivity index (χ1v) is 13.1. The summed E-state index contributed by atoms with van der Waals surface area (Å²) >= 11 is 3.11. The predicted octanol–water partition coefficient (Wildman–Crippen LogP) is 3.95. The van der Waals surface area contributed by atoms with E-state index in [1.165, 1.54) is 45.4 Å². The summed E-state index contributed by atoms with van der Waals surface area (Å²) in [6.45, 7) is 0. The van der Waals surface area contributed by atoms with Gasteiger partial charge in [0.05, 0.1) is 11.1 Å². The summed E-state index contributed by atoms with van der Waals surface area (Å²) in [7, 11) is 0. The molecule has 1 N–H and O–H groups in total. The van der Waals surface area contributed by atoms with E-state index in [0.717, 1.165) is 55.2 Å². The van der Waals surface area contributed by atoms with Gasteiger partial charge in [0.25, 0.3) is 11.1 Å². The second-order valence-electron chi connectivity index (χ2n) is 8.73. The Hall–Kier alpha value is -2.90. The van der Waals surface area contributed by atoms with Gasteiger partial charge in [-0.25, -0.2) is 14.5 Å². The number of aryl methyl sites for hydroxylation is 2. The normalized spacial score (nSPS) is 16.5.